The quantitative estimate of drug-likeness (QED) is 0.613. The third-order valence-electron chi connectivity index (χ3n) is 5.24. The number of benzene rings is 1. The van der Waals surface area contributed by atoms with Crippen molar-refractivity contribution in [3.8, 4) is 0 Å². The lowest BCUT2D eigenvalue weighted by Crippen LogP contribution is -2.47. The lowest BCUT2D eigenvalue weighted by molar-refractivity contribution is -0.122. The normalized spacial score (nSPS) is 19.1. The Morgan fingerprint density at radius 3 is 2.76 bits per heavy atom. The fraction of sp³-hybridized carbons (Fsp3) is 0.400. The van der Waals surface area contributed by atoms with E-state index in [4.69, 9.17) is 0 Å². The minimum absolute atomic E-state index is 0.274. The Hall–Kier alpha value is -1.81. The third kappa shape index (κ3) is 3.72. The maximum absolute atomic E-state index is 13.1. The van der Waals surface area contributed by atoms with Crippen molar-refractivity contribution in [3.05, 3.63) is 45.6 Å². The van der Waals surface area contributed by atoms with E-state index >= 15 is 0 Å². The lowest BCUT2D eigenvalue weighted by Gasteiger charge is -2.31. The monoisotopic (exact) mass is 449 g/mol. The Morgan fingerprint density at radius 1 is 1.24 bits per heavy atom. The maximum Gasteiger partial charge on any atom is 0.266 e. The summed E-state index contributed by atoms with van der Waals surface area (Å²) in [5.74, 6) is -0.388. The molecule has 154 valence electrons. The number of fused-ring (bicyclic) bond motifs is 1. The number of aryl methyl sites for hydroxylation is 3. The number of carbonyl (C=O) groups is 1. The summed E-state index contributed by atoms with van der Waals surface area (Å²) in [6.45, 7) is 4.44. The van der Waals surface area contributed by atoms with E-state index in [0.717, 1.165) is 34.2 Å². The van der Waals surface area contributed by atoms with E-state index in [2.05, 4.69) is 17.1 Å². The molecule has 0 bridgehead atoms. The number of sulfonamides is 1. The molecule has 1 aliphatic rings. The molecule has 3 heterocycles. The molecule has 3 aromatic rings. The molecule has 1 atom stereocenters. The molecule has 0 spiro atoms. The van der Waals surface area contributed by atoms with Crippen molar-refractivity contribution in [2.24, 2.45) is 12.0 Å². The minimum Gasteiger partial charge on any atom is -0.319 e. The van der Waals surface area contributed by atoms with Gasteiger partial charge in [-0.3, -0.25) is 4.79 Å². The molecule has 0 N–H and O–H groups in total. The molecule has 1 saturated heterocycles. The highest BCUT2D eigenvalue weighted by Crippen LogP contribution is 2.28. The average molecular weight is 450 g/mol. The van der Waals surface area contributed by atoms with E-state index in [1.165, 1.54) is 27.0 Å². The summed E-state index contributed by atoms with van der Waals surface area (Å²) in [4.78, 5) is 18.1. The molecule has 0 aliphatic carbocycles. The van der Waals surface area contributed by atoms with Gasteiger partial charge in [0.05, 0.1) is 10.2 Å². The van der Waals surface area contributed by atoms with Crippen LogP contribution in [-0.4, -0.2) is 35.8 Å². The van der Waals surface area contributed by atoms with Crippen molar-refractivity contribution >= 4 is 48.8 Å². The standard InChI is InChI=1S/C20H23N3O3S3/c1-13-11-14(2)18-16(12-13)22(3)20(28-18)21-19(24)15-7-4-5-9-23(15)29(25,26)17-8-6-10-27-17/h6,8,10-12,15H,4-5,7,9H2,1-3H3. The highest BCUT2D eigenvalue weighted by Gasteiger charge is 2.38. The molecule has 6 nitrogen and oxygen atoms in total. The van der Waals surface area contributed by atoms with Gasteiger partial charge in [-0.15, -0.1) is 11.3 Å². The molecular weight excluding hydrogens is 426 g/mol. The van der Waals surface area contributed by atoms with Gasteiger partial charge in [0.15, 0.2) is 4.80 Å². The summed E-state index contributed by atoms with van der Waals surface area (Å²) in [7, 11) is -1.79. The smallest absolute Gasteiger partial charge is 0.266 e. The number of nitrogens with zero attached hydrogens (tertiary/aromatic N) is 3. The van der Waals surface area contributed by atoms with Crippen molar-refractivity contribution in [1.82, 2.24) is 8.87 Å². The second-order valence-electron chi connectivity index (χ2n) is 7.38. The van der Waals surface area contributed by atoms with E-state index in [-0.39, 0.29) is 10.1 Å². The summed E-state index contributed by atoms with van der Waals surface area (Å²) >= 11 is 2.64. The van der Waals surface area contributed by atoms with Crippen molar-refractivity contribution in [2.75, 3.05) is 6.54 Å². The molecule has 0 radical (unpaired) electrons. The van der Waals surface area contributed by atoms with Gasteiger partial charge in [-0.2, -0.15) is 9.30 Å². The Bertz CT molecular complexity index is 1240. The molecule has 1 aromatic carbocycles. The van der Waals surface area contributed by atoms with E-state index in [9.17, 15) is 13.2 Å². The first-order valence-electron chi connectivity index (χ1n) is 9.50. The van der Waals surface area contributed by atoms with E-state index in [1.54, 1.807) is 17.5 Å². The molecule has 1 fully saturated rings. The minimum atomic E-state index is -3.68. The first-order chi connectivity index (χ1) is 13.8. The number of carbonyl (C=O) groups excluding carboxylic acids is 1. The van der Waals surface area contributed by atoms with Gasteiger partial charge in [0.2, 0.25) is 0 Å². The number of thiazole rings is 1. The Balaban J connectivity index is 1.74. The highest BCUT2D eigenvalue weighted by atomic mass is 32.2. The van der Waals surface area contributed by atoms with Gasteiger partial charge in [-0.1, -0.05) is 29.9 Å². The summed E-state index contributed by atoms with van der Waals surface area (Å²) in [6.07, 6.45) is 2.07. The highest BCUT2D eigenvalue weighted by molar-refractivity contribution is 7.91. The second-order valence-corrected chi connectivity index (χ2v) is 11.4. The number of amides is 1. The van der Waals surface area contributed by atoms with Crippen LogP contribution < -0.4 is 4.80 Å². The van der Waals surface area contributed by atoms with Crippen LogP contribution in [0, 0.1) is 13.8 Å². The predicted octanol–water partition coefficient (Wildman–Crippen LogP) is 3.59. The van der Waals surface area contributed by atoms with Crippen LogP contribution in [-0.2, 0) is 21.9 Å². The Labute approximate surface area is 178 Å². The zero-order chi connectivity index (χ0) is 20.8. The SMILES string of the molecule is Cc1cc(C)c2sc(=NC(=O)C3CCCCN3S(=O)(=O)c3cccs3)n(C)c2c1. The summed E-state index contributed by atoms with van der Waals surface area (Å²) < 4.78 is 30.7. The van der Waals surface area contributed by atoms with Crippen LogP contribution in [0.3, 0.4) is 0 Å². The lowest BCUT2D eigenvalue weighted by atomic mass is 10.0. The van der Waals surface area contributed by atoms with Gasteiger partial charge in [-0.25, -0.2) is 8.42 Å². The van der Waals surface area contributed by atoms with Gasteiger partial charge in [-0.05, 0) is 55.3 Å². The van der Waals surface area contributed by atoms with Gasteiger partial charge in [0.1, 0.15) is 10.3 Å². The molecular formula is C20H23N3O3S3. The van der Waals surface area contributed by atoms with Gasteiger partial charge < -0.3 is 4.57 Å². The molecule has 9 heteroatoms. The predicted molar refractivity (Wildman–Crippen MR) is 117 cm³/mol. The first-order valence-corrected chi connectivity index (χ1v) is 12.6. The largest absolute Gasteiger partial charge is 0.319 e. The molecule has 4 rings (SSSR count). The molecule has 1 aliphatic heterocycles. The molecule has 29 heavy (non-hydrogen) atoms. The first kappa shape index (κ1) is 20.5. The summed E-state index contributed by atoms with van der Waals surface area (Å²) in [5, 5.41) is 1.74. The van der Waals surface area contributed by atoms with E-state index in [0.29, 0.717) is 17.8 Å². The average Bonchev–Trinajstić information content (AvgIpc) is 3.33. The zero-order valence-electron chi connectivity index (χ0n) is 16.6. The van der Waals surface area contributed by atoms with Gasteiger partial charge in [0, 0.05) is 13.6 Å². The number of aromatic nitrogens is 1. The zero-order valence-corrected chi connectivity index (χ0v) is 19.0. The third-order valence-corrected chi connectivity index (χ3v) is 9.81. The summed E-state index contributed by atoms with van der Waals surface area (Å²) in [5.41, 5.74) is 3.33. The fourth-order valence-electron chi connectivity index (χ4n) is 3.81. The maximum atomic E-state index is 13.1. The van der Waals surface area contributed by atoms with Crippen molar-refractivity contribution in [1.29, 1.82) is 0 Å². The molecule has 1 unspecified atom stereocenters. The van der Waals surface area contributed by atoms with Crippen LogP contribution >= 0.6 is 22.7 Å². The summed E-state index contributed by atoms with van der Waals surface area (Å²) in [6, 6.07) is 6.75. The van der Waals surface area contributed by atoms with Crippen LogP contribution in [0.1, 0.15) is 30.4 Å². The number of thiophene rings is 1. The number of rotatable bonds is 3. The van der Waals surface area contributed by atoms with Gasteiger partial charge >= 0.3 is 0 Å². The molecule has 2 aromatic heterocycles. The number of hydrogen-bond acceptors (Lipinski definition) is 5. The second kappa shape index (κ2) is 7.79. The van der Waals surface area contributed by atoms with Crippen LogP contribution in [0.25, 0.3) is 10.2 Å². The topological polar surface area (TPSA) is 71.7 Å². The Kier molecular flexibility index (Phi) is 5.50. The number of hydrogen-bond donors (Lipinski definition) is 0. The van der Waals surface area contributed by atoms with Crippen LogP contribution in [0.2, 0.25) is 0 Å². The van der Waals surface area contributed by atoms with E-state index < -0.39 is 16.1 Å². The van der Waals surface area contributed by atoms with Crippen molar-refractivity contribution < 1.29 is 13.2 Å². The van der Waals surface area contributed by atoms with Crippen LogP contribution in [0.15, 0.2) is 38.8 Å². The Morgan fingerprint density at radius 2 is 2.03 bits per heavy atom. The fourth-order valence-corrected chi connectivity index (χ4v) is 7.65. The van der Waals surface area contributed by atoms with Crippen LogP contribution in [0.5, 0.6) is 0 Å². The van der Waals surface area contributed by atoms with Crippen molar-refractivity contribution in [2.45, 2.75) is 43.4 Å². The van der Waals surface area contributed by atoms with Crippen molar-refractivity contribution in [3.63, 3.8) is 0 Å². The molecule has 1 amide bonds. The molecule has 0 saturated carbocycles. The van der Waals surface area contributed by atoms with E-state index in [1.807, 2.05) is 25.5 Å². The van der Waals surface area contributed by atoms with Crippen LogP contribution in [0.4, 0.5) is 0 Å². The number of piperidine rings is 1. The van der Waals surface area contributed by atoms with Gasteiger partial charge in [0.25, 0.3) is 15.9 Å².